The van der Waals surface area contributed by atoms with Gasteiger partial charge >= 0.3 is 11.9 Å². The highest BCUT2D eigenvalue weighted by atomic mass is 127. The van der Waals surface area contributed by atoms with Crippen molar-refractivity contribution in [3.8, 4) is 11.5 Å². The molecule has 3 N–H and O–H groups in total. The number of nitrogens with one attached hydrogen (secondary N) is 1. The molecule has 3 aromatic carbocycles. The lowest BCUT2D eigenvalue weighted by atomic mass is 10.1. The van der Waals surface area contributed by atoms with E-state index < -0.39 is 23.8 Å². The van der Waals surface area contributed by atoms with Gasteiger partial charge in [0.2, 0.25) is 0 Å². The Balaban J connectivity index is 1.64. The second-order valence-corrected chi connectivity index (χ2v) is 9.69. The van der Waals surface area contributed by atoms with Gasteiger partial charge in [-0.15, -0.1) is 0 Å². The molecule has 4 rings (SSSR count). The van der Waals surface area contributed by atoms with E-state index in [1.807, 2.05) is 22.6 Å². The summed E-state index contributed by atoms with van der Waals surface area (Å²) in [4.78, 5) is 49.7. The van der Waals surface area contributed by atoms with E-state index in [9.17, 15) is 29.4 Å². The first-order valence-corrected chi connectivity index (χ1v) is 12.6. The molecule has 2 amide bonds. The summed E-state index contributed by atoms with van der Waals surface area (Å²) < 4.78 is 12.0. The highest BCUT2D eigenvalue weighted by molar-refractivity contribution is 14.1. The fourth-order valence-corrected chi connectivity index (χ4v) is 4.81. The van der Waals surface area contributed by atoms with Gasteiger partial charge in [-0.2, -0.15) is 0 Å². The van der Waals surface area contributed by atoms with E-state index in [1.165, 1.54) is 49.6 Å². The van der Waals surface area contributed by atoms with E-state index in [2.05, 4.69) is 5.32 Å². The average Bonchev–Trinajstić information content (AvgIpc) is 2.90. The topological polar surface area (TPSA) is 142 Å². The molecule has 0 unspecified atom stereocenters. The van der Waals surface area contributed by atoms with Gasteiger partial charge in [0, 0.05) is 0 Å². The van der Waals surface area contributed by atoms with E-state index in [1.54, 1.807) is 24.3 Å². The van der Waals surface area contributed by atoms with Crippen molar-refractivity contribution in [3.63, 3.8) is 0 Å². The van der Waals surface area contributed by atoms with Crippen LogP contribution in [-0.2, 0) is 16.2 Å². The van der Waals surface area contributed by atoms with E-state index in [4.69, 9.17) is 21.7 Å². The number of nitrogens with zero attached hydrogens (tertiary/aromatic N) is 1. The van der Waals surface area contributed by atoms with Gasteiger partial charge in [0.1, 0.15) is 12.2 Å². The van der Waals surface area contributed by atoms with Crippen molar-refractivity contribution in [2.24, 2.45) is 0 Å². The molecule has 0 spiro atoms. The summed E-state index contributed by atoms with van der Waals surface area (Å²) in [7, 11) is 1.44. The van der Waals surface area contributed by atoms with Crippen LogP contribution in [0.5, 0.6) is 11.5 Å². The Labute approximate surface area is 241 Å². The number of ether oxygens (including phenoxy) is 2. The molecule has 0 aliphatic carbocycles. The molecule has 1 heterocycles. The van der Waals surface area contributed by atoms with Crippen molar-refractivity contribution in [3.05, 3.63) is 92.1 Å². The second-order valence-electron chi connectivity index (χ2n) is 8.14. The zero-order chi connectivity index (χ0) is 28.3. The van der Waals surface area contributed by atoms with Crippen molar-refractivity contribution in [2.45, 2.75) is 6.61 Å². The van der Waals surface area contributed by atoms with Crippen molar-refractivity contribution >= 4 is 75.4 Å². The van der Waals surface area contributed by atoms with Crippen LogP contribution in [0.2, 0.25) is 0 Å². The van der Waals surface area contributed by atoms with Crippen LogP contribution in [-0.4, -0.2) is 46.2 Å². The van der Waals surface area contributed by atoms with Gasteiger partial charge in [0.25, 0.3) is 11.8 Å². The minimum Gasteiger partial charge on any atom is -0.493 e. The molecule has 0 atom stereocenters. The van der Waals surface area contributed by atoms with Crippen LogP contribution in [0.25, 0.3) is 6.08 Å². The zero-order valence-corrected chi connectivity index (χ0v) is 23.1. The van der Waals surface area contributed by atoms with E-state index >= 15 is 0 Å². The number of rotatable bonds is 8. The minimum absolute atomic E-state index is 0.0462. The molecule has 1 saturated heterocycles. The molecule has 12 heteroatoms. The van der Waals surface area contributed by atoms with Crippen molar-refractivity contribution < 1.29 is 38.9 Å². The van der Waals surface area contributed by atoms with Crippen LogP contribution < -0.4 is 19.7 Å². The fraction of sp³-hybridized carbons (Fsp3) is 0.0741. The van der Waals surface area contributed by atoms with Gasteiger partial charge in [-0.3, -0.25) is 19.8 Å². The minimum atomic E-state index is -1.18. The van der Waals surface area contributed by atoms with Crippen LogP contribution >= 0.6 is 34.8 Å². The average molecular weight is 658 g/mol. The Morgan fingerprint density at radius 2 is 1.69 bits per heavy atom. The number of carboxylic acid groups (broad SMARTS) is 2. The number of halogens is 1. The number of methoxy groups -OCH3 is 1. The van der Waals surface area contributed by atoms with Crippen molar-refractivity contribution in [1.82, 2.24) is 5.32 Å². The molecule has 0 saturated carbocycles. The predicted octanol–water partition coefficient (Wildman–Crippen LogP) is 4.11. The Morgan fingerprint density at radius 3 is 2.36 bits per heavy atom. The molecule has 0 aromatic heterocycles. The van der Waals surface area contributed by atoms with Crippen LogP contribution in [0.3, 0.4) is 0 Å². The second kappa shape index (κ2) is 11.6. The molecule has 1 aliphatic rings. The number of hydrogen-bond acceptors (Lipinski definition) is 7. The van der Waals surface area contributed by atoms with Gasteiger partial charge in [0.05, 0.1) is 27.5 Å². The molecule has 1 fully saturated rings. The first-order valence-electron chi connectivity index (χ1n) is 11.2. The van der Waals surface area contributed by atoms with Gasteiger partial charge in [0.15, 0.2) is 16.6 Å². The summed E-state index contributed by atoms with van der Waals surface area (Å²) in [5, 5.41) is 20.8. The lowest BCUT2D eigenvalue weighted by Crippen LogP contribution is -2.54. The molecule has 3 aromatic rings. The number of hydrogen-bond donors (Lipinski definition) is 3. The van der Waals surface area contributed by atoms with Crippen LogP contribution in [0.4, 0.5) is 5.69 Å². The first kappa shape index (κ1) is 27.7. The van der Waals surface area contributed by atoms with Crippen LogP contribution in [0.15, 0.2) is 66.2 Å². The molecule has 0 radical (unpaired) electrons. The smallest absolute Gasteiger partial charge is 0.335 e. The number of anilines is 1. The SMILES string of the molecule is COc1cc(C=C2C(=O)NC(=S)N(c3cccc(C(=O)O)c3)C2=O)cc(I)c1OCc1cccc(C(=O)O)c1. The predicted molar refractivity (Wildman–Crippen MR) is 153 cm³/mol. The number of benzene rings is 3. The van der Waals surface area contributed by atoms with Gasteiger partial charge in [-0.25, -0.2) is 9.59 Å². The third-order valence-corrected chi connectivity index (χ3v) is 6.66. The summed E-state index contributed by atoms with van der Waals surface area (Å²) in [6, 6.07) is 15.3. The third-order valence-electron chi connectivity index (χ3n) is 5.57. The zero-order valence-electron chi connectivity index (χ0n) is 20.1. The van der Waals surface area contributed by atoms with Crippen molar-refractivity contribution in [1.29, 1.82) is 0 Å². The van der Waals surface area contributed by atoms with Crippen molar-refractivity contribution in [2.75, 3.05) is 12.0 Å². The molecule has 10 nitrogen and oxygen atoms in total. The Morgan fingerprint density at radius 1 is 1.03 bits per heavy atom. The van der Waals surface area contributed by atoms with E-state index in [0.717, 1.165) is 4.90 Å². The number of amides is 2. The van der Waals surface area contributed by atoms with Gasteiger partial charge < -0.3 is 19.7 Å². The van der Waals surface area contributed by atoms with Gasteiger partial charge in [-0.1, -0.05) is 18.2 Å². The largest absolute Gasteiger partial charge is 0.493 e. The van der Waals surface area contributed by atoms with E-state index in [0.29, 0.717) is 26.2 Å². The maximum atomic E-state index is 13.3. The van der Waals surface area contributed by atoms with E-state index in [-0.39, 0.29) is 34.1 Å². The third kappa shape index (κ3) is 6.07. The lowest BCUT2D eigenvalue weighted by Gasteiger charge is -2.29. The Bertz CT molecular complexity index is 1570. The number of aromatic carboxylic acids is 2. The lowest BCUT2D eigenvalue weighted by molar-refractivity contribution is -0.122. The summed E-state index contributed by atoms with van der Waals surface area (Å²) in [6.45, 7) is 0.0800. The van der Waals surface area contributed by atoms with Crippen LogP contribution in [0, 0.1) is 3.57 Å². The Hall–Kier alpha value is -4.30. The first-order chi connectivity index (χ1) is 18.6. The fourth-order valence-electron chi connectivity index (χ4n) is 3.75. The molecular weight excluding hydrogens is 639 g/mol. The number of thiocarbonyl (C=S) groups is 1. The summed E-state index contributed by atoms with van der Waals surface area (Å²) in [6.07, 6.45) is 1.37. The Kier molecular flexibility index (Phi) is 8.26. The maximum absolute atomic E-state index is 13.3. The maximum Gasteiger partial charge on any atom is 0.335 e. The molecule has 39 heavy (non-hydrogen) atoms. The molecule has 1 aliphatic heterocycles. The summed E-state index contributed by atoms with van der Waals surface area (Å²) >= 11 is 7.21. The summed E-state index contributed by atoms with van der Waals surface area (Å²) in [5.41, 5.74) is 1.17. The monoisotopic (exact) mass is 658 g/mol. The quantitative estimate of drug-likeness (QED) is 0.141. The molecular formula is C27H19IN2O8S. The normalized spacial score (nSPS) is 14.3. The number of carbonyl (C=O) groups excluding carboxylic acids is 2. The number of carbonyl (C=O) groups is 4. The number of carboxylic acids is 2. The van der Waals surface area contributed by atoms with Crippen LogP contribution in [0.1, 0.15) is 31.8 Å². The highest BCUT2D eigenvalue weighted by Crippen LogP contribution is 2.35. The summed E-state index contributed by atoms with van der Waals surface area (Å²) in [5.74, 6) is -2.92. The highest BCUT2D eigenvalue weighted by Gasteiger charge is 2.35. The van der Waals surface area contributed by atoms with Gasteiger partial charge in [-0.05, 0) is 94.5 Å². The standard InChI is InChI=1S/C27H19IN2O8S/c1-37-21-11-15(10-20(28)22(21)38-13-14-4-2-5-16(8-14)25(33)34)9-19-23(31)29-27(39)30(24(19)32)18-7-3-6-17(12-18)26(35)36/h2-12H,13H2,1H3,(H,33,34)(H,35,36)(H,29,31,39). The molecule has 198 valence electrons. The molecule has 0 bridgehead atoms.